The highest BCUT2D eigenvalue weighted by molar-refractivity contribution is 6.39. The lowest BCUT2D eigenvalue weighted by atomic mass is 10.1. The number of urea groups is 1. The van der Waals surface area contributed by atoms with Gasteiger partial charge in [-0.3, -0.25) is 4.79 Å². The number of carbonyl (C=O) groups excluding carboxylic acids is 1. The highest BCUT2D eigenvalue weighted by Crippen LogP contribution is 2.29. The fourth-order valence-electron chi connectivity index (χ4n) is 1.77. The van der Waals surface area contributed by atoms with E-state index in [1.54, 1.807) is 42.5 Å². The maximum absolute atomic E-state index is 11.9. The Kier molecular flexibility index (Phi) is 5.25. The molecule has 0 saturated carbocycles. The van der Waals surface area contributed by atoms with Crippen molar-refractivity contribution in [3.8, 4) is 0 Å². The third-order valence-electron chi connectivity index (χ3n) is 2.77. The number of hydrogen-bond donors (Lipinski definition) is 3. The molecule has 5 nitrogen and oxygen atoms in total. The predicted molar refractivity (Wildman–Crippen MR) is 86.9 cm³/mol. The fraction of sp³-hybridized carbons (Fsp3) is 0.0667. The van der Waals surface area contributed by atoms with Crippen LogP contribution >= 0.6 is 23.2 Å². The molecule has 0 bridgehead atoms. The SMILES string of the molecule is O=C(O)Cc1ccc(NC(=O)Nc2c(Cl)cccc2Cl)cc1. The number of nitrogens with one attached hydrogen (secondary N) is 2. The lowest BCUT2D eigenvalue weighted by Gasteiger charge is -2.10. The minimum absolute atomic E-state index is 0.0678. The molecule has 2 amide bonds. The molecule has 2 aromatic rings. The van der Waals surface area contributed by atoms with Crippen molar-refractivity contribution in [1.82, 2.24) is 0 Å². The Labute approximate surface area is 136 Å². The highest BCUT2D eigenvalue weighted by Gasteiger charge is 2.09. The minimum Gasteiger partial charge on any atom is -0.481 e. The second-order valence-corrected chi connectivity index (χ2v) is 5.26. The van der Waals surface area contributed by atoms with Crippen molar-refractivity contribution >= 4 is 46.6 Å². The summed E-state index contributed by atoms with van der Waals surface area (Å²) >= 11 is 11.9. The van der Waals surface area contributed by atoms with Crippen molar-refractivity contribution in [2.45, 2.75) is 6.42 Å². The van der Waals surface area contributed by atoms with Gasteiger partial charge < -0.3 is 15.7 Å². The number of anilines is 2. The zero-order valence-corrected chi connectivity index (χ0v) is 12.8. The number of carbonyl (C=O) groups is 2. The van der Waals surface area contributed by atoms with Gasteiger partial charge in [0.15, 0.2) is 0 Å². The molecule has 7 heteroatoms. The monoisotopic (exact) mass is 338 g/mol. The number of aliphatic carboxylic acids is 1. The first-order valence-corrected chi connectivity index (χ1v) is 7.04. The highest BCUT2D eigenvalue weighted by atomic mass is 35.5. The lowest BCUT2D eigenvalue weighted by Crippen LogP contribution is -2.19. The molecule has 3 N–H and O–H groups in total. The van der Waals surface area contributed by atoms with Crippen LogP contribution in [0.1, 0.15) is 5.56 Å². The fourth-order valence-corrected chi connectivity index (χ4v) is 2.27. The van der Waals surface area contributed by atoms with Crippen molar-refractivity contribution in [2.24, 2.45) is 0 Å². The van der Waals surface area contributed by atoms with Gasteiger partial charge in [0.25, 0.3) is 0 Å². The van der Waals surface area contributed by atoms with Crippen molar-refractivity contribution < 1.29 is 14.7 Å². The Bertz CT molecular complexity index is 682. The molecular formula is C15H12Cl2N2O3. The second-order valence-electron chi connectivity index (χ2n) is 4.44. The van der Waals surface area contributed by atoms with Gasteiger partial charge in [0, 0.05) is 5.69 Å². The number of benzene rings is 2. The van der Waals surface area contributed by atoms with E-state index in [1.165, 1.54) is 0 Å². The molecule has 22 heavy (non-hydrogen) atoms. The van der Waals surface area contributed by atoms with Crippen LogP contribution < -0.4 is 10.6 Å². The molecule has 0 radical (unpaired) electrons. The van der Waals surface area contributed by atoms with Crippen molar-refractivity contribution in [2.75, 3.05) is 10.6 Å². The summed E-state index contributed by atoms with van der Waals surface area (Å²) in [6, 6.07) is 10.9. The third-order valence-corrected chi connectivity index (χ3v) is 3.40. The van der Waals surface area contributed by atoms with Crippen molar-refractivity contribution in [1.29, 1.82) is 0 Å². The molecule has 0 fully saturated rings. The van der Waals surface area contributed by atoms with Crippen LogP contribution in [0.15, 0.2) is 42.5 Å². The molecule has 2 aromatic carbocycles. The maximum atomic E-state index is 11.9. The van der Waals surface area contributed by atoms with Crippen LogP contribution in [0.4, 0.5) is 16.2 Å². The van der Waals surface area contributed by atoms with Crippen LogP contribution in [0.3, 0.4) is 0 Å². The number of amides is 2. The van der Waals surface area contributed by atoms with E-state index >= 15 is 0 Å². The maximum Gasteiger partial charge on any atom is 0.323 e. The normalized spacial score (nSPS) is 10.1. The molecule has 0 unspecified atom stereocenters. The van der Waals surface area contributed by atoms with Crippen molar-refractivity contribution in [3.63, 3.8) is 0 Å². The van der Waals surface area contributed by atoms with E-state index in [0.717, 1.165) is 0 Å². The summed E-state index contributed by atoms with van der Waals surface area (Å²) < 4.78 is 0. The second kappa shape index (κ2) is 7.15. The van der Waals surface area contributed by atoms with E-state index in [9.17, 15) is 9.59 Å². The number of carboxylic acid groups (broad SMARTS) is 1. The molecule has 0 aromatic heterocycles. The van der Waals surface area contributed by atoms with Gasteiger partial charge in [-0.05, 0) is 29.8 Å². The van der Waals surface area contributed by atoms with Crippen molar-refractivity contribution in [3.05, 3.63) is 58.1 Å². The predicted octanol–water partition coefficient (Wildman–Crippen LogP) is 4.26. The molecule has 0 atom stereocenters. The lowest BCUT2D eigenvalue weighted by molar-refractivity contribution is -0.136. The number of rotatable bonds is 4. The number of halogens is 2. The van der Waals surface area contributed by atoms with Gasteiger partial charge in [-0.2, -0.15) is 0 Å². The van der Waals surface area contributed by atoms with Gasteiger partial charge in [0.1, 0.15) is 0 Å². The number of hydrogen-bond acceptors (Lipinski definition) is 2. The molecule has 114 valence electrons. The zero-order chi connectivity index (χ0) is 16.1. The van der Waals surface area contributed by atoms with Crippen LogP contribution in [-0.2, 0) is 11.2 Å². The first kappa shape index (κ1) is 16.1. The summed E-state index contributed by atoms with van der Waals surface area (Å²) in [6.45, 7) is 0. The standard InChI is InChI=1S/C15H12Cl2N2O3/c16-11-2-1-3-12(17)14(11)19-15(22)18-10-6-4-9(5-7-10)8-13(20)21/h1-7H,8H2,(H,20,21)(H2,18,19,22). The van der Waals surface area contributed by atoms with Crippen LogP contribution in [0.5, 0.6) is 0 Å². The minimum atomic E-state index is -0.910. The molecule has 0 aliphatic heterocycles. The molecular weight excluding hydrogens is 327 g/mol. The van der Waals surface area contributed by atoms with E-state index in [2.05, 4.69) is 10.6 Å². The Morgan fingerprint density at radius 3 is 2.09 bits per heavy atom. The summed E-state index contributed by atoms with van der Waals surface area (Å²) in [6.07, 6.45) is -0.0678. The van der Waals surface area contributed by atoms with E-state index in [-0.39, 0.29) is 6.42 Å². The summed E-state index contributed by atoms with van der Waals surface area (Å²) in [7, 11) is 0. The zero-order valence-electron chi connectivity index (χ0n) is 11.3. The smallest absolute Gasteiger partial charge is 0.323 e. The Morgan fingerprint density at radius 2 is 1.55 bits per heavy atom. The topological polar surface area (TPSA) is 78.4 Å². The molecule has 2 rings (SSSR count). The van der Waals surface area contributed by atoms with Crippen LogP contribution in [0.2, 0.25) is 10.0 Å². The molecule has 0 spiro atoms. The van der Waals surface area contributed by atoms with Gasteiger partial charge in [-0.1, -0.05) is 41.4 Å². The number of carboxylic acids is 1. The molecule has 0 aliphatic rings. The first-order valence-electron chi connectivity index (χ1n) is 6.28. The Morgan fingerprint density at radius 1 is 0.955 bits per heavy atom. The Hall–Kier alpha value is -2.24. The van der Waals surface area contributed by atoms with E-state index in [1.807, 2.05) is 0 Å². The average Bonchev–Trinajstić information content (AvgIpc) is 2.45. The first-order chi connectivity index (χ1) is 10.5. The summed E-state index contributed by atoms with van der Waals surface area (Å²) in [5, 5.41) is 14.5. The largest absolute Gasteiger partial charge is 0.481 e. The van der Waals surface area contributed by atoms with E-state index < -0.39 is 12.0 Å². The van der Waals surface area contributed by atoms with Crippen LogP contribution in [0, 0.1) is 0 Å². The van der Waals surface area contributed by atoms with Crippen LogP contribution in [-0.4, -0.2) is 17.1 Å². The van der Waals surface area contributed by atoms with Crippen LogP contribution in [0.25, 0.3) is 0 Å². The molecule has 0 aliphatic carbocycles. The third kappa shape index (κ3) is 4.38. The Balaban J connectivity index is 2.01. The average molecular weight is 339 g/mol. The summed E-state index contributed by atoms with van der Waals surface area (Å²) in [5.74, 6) is -0.910. The summed E-state index contributed by atoms with van der Waals surface area (Å²) in [4.78, 5) is 22.5. The number of para-hydroxylation sites is 1. The quantitative estimate of drug-likeness (QED) is 0.779. The van der Waals surface area contributed by atoms with Gasteiger partial charge in [0.05, 0.1) is 22.2 Å². The van der Waals surface area contributed by atoms with E-state index in [0.29, 0.717) is 27.0 Å². The van der Waals surface area contributed by atoms with Gasteiger partial charge in [-0.25, -0.2) is 4.79 Å². The molecule has 0 heterocycles. The van der Waals surface area contributed by atoms with Gasteiger partial charge in [0.2, 0.25) is 0 Å². The van der Waals surface area contributed by atoms with E-state index in [4.69, 9.17) is 28.3 Å². The van der Waals surface area contributed by atoms with Gasteiger partial charge in [-0.15, -0.1) is 0 Å². The van der Waals surface area contributed by atoms with Gasteiger partial charge >= 0.3 is 12.0 Å². The summed E-state index contributed by atoms with van der Waals surface area (Å²) in [5.41, 5.74) is 1.49. The molecule has 0 saturated heterocycles.